The average molecular weight is 311 g/mol. The Morgan fingerprint density at radius 3 is 2.95 bits per heavy atom. The smallest absolute Gasteiger partial charge is 0.323 e. The maximum atomic E-state index is 12.1. The molecule has 1 amide bonds. The molecule has 0 saturated carbocycles. The summed E-state index contributed by atoms with van der Waals surface area (Å²) in [6, 6.07) is 5.03. The SMILES string of the molecule is COC(=O)C1CCCN1CC(=O)Nc1cc(Cl)ccc1C. The molecule has 0 spiro atoms. The zero-order chi connectivity index (χ0) is 15.4. The van der Waals surface area contributed by atoms with Crippen molar-refractivity contribution in [2.75, 3.05) is 25.5 Å². The maximum absolute atomic E-state index is 12.1. The van der Waals surface area contributed by atoms with Gasteiger partial charge in [0.25, 0.3) is 0 Å². The Hall–Kier alpha value is -1.59. The summed E-state index contributed by atoms with van der Waals surface area (Å²) in [5, 5.41) is 3.41. The van der Waals surface area contributed by atoms with E-state index in [9.17, 15) is 9.59 Å². The molecule has 1 unspecified atom stereocenters. The van der Waals surface area contributed by atoms with Crippen LogP contribution in [0.15, 0.2) is 18.2 Å². The highest BCUT2D eigenvalue weighted by molar-refractivity contribution is 6.31. The lowest BCUT2D eigenvalue weighted by Gasteiger charge is -2.21. The first kappa shape index (κ1) is 15.8. The van der Waals surface area contributed by atoms with Gasteiger partial charge >= 0.3 is 5.97 Å². The number of nitrogens with zero attached hydrogens (tertiary/aromatic N) is 1. The first-order valence-electron chi connectivity index (χ1n) is 6.89. The molecule has 1 N–H and O–H groups in total. The molecular formula is C15H19ClN2O3. The van der Waals surface area contributed by atoms with Gasteiger partial charge in [-0.1, -0.05) is 17.7 Å². The third kappa shape index (κ3) is 3.95. The Morgan fingerprint density at radius 1 is 1.48 bits per heavy atom. The van der Waals surface area contributed by atoms with E-state index in [4.69, 9.17) is 16.3 Å². The lowest BCUT2D eigenvalue weighted by Crippen LogP contribution is -2.41. The Bertz CT molecular complexity index is 548. The first-order valence-corrected chi connectivity index (χ1v) is 7.27. The van der Waals surface area contributed by atoms with Gasteiger partial charge in [-0.15, -0.1) is 0 Å². The number of methoxy groups -OCH3 is 1. The van der Waals surface area contributed by atoms with Gasteiger partial charge in [0.1, 0.15) is 6.04 Å². The second-order valence-corrected chi connectivity index (χ2v) is 5.60. The molecule has 21 heavy (non-hydrogen) atoms. The van der Waals surface area contributed by atoms with Crippen LogP contribution in [0, 0.1) is 6.92 Å². The molecule has 1 atom stereocenters. The number of esters is 1. The lowest BCUT2D eigenvalue weighted by atomic mass is 10.2. The minimum atomic E-state index is -0.318. The number of nitrogens with one attached hydrogen (secondary N) is 1. The van der Waals surface area contributed by atoms with Gasteiger partial charge < -0.3 is 10.1 Å². The molecule has 114 valence electrons. The van der Waals surface area contributed by atoms with Gasteiger partial charge in [-0.3, -0.25) is 14.5 Å². The molecule has 1 aromatic rings. The molecule has 2 rings (SSSR count). The number of carbonyl (C=O) groups is 2. The van der Waals surface area contributed by atoms with Crippen LogP contribution in [0.25, 0.3) is 0 Å². The molecule has 1 heterocycles. The minimum absolute atomic E-state index is 0.156. The molecule has 5 nitrogen and oxygen atoms in total. The van der Waals surface area contributed by atoms with E-state index in [-0.39, 0.29) is 24.5 Å². The summed E-state index contributed by atoms with van der Waals surface area (Å²) in [6.45, 7) is 2.80. The molecule has 1 aliphatic heterocycles. The van der Waals surface area contributed by atoms with Crippen LogP contribution in [0.4, 0.5) is 5.69 Å². The Morgan fingerprint density at radius 2 is 2.24 bits per heavy atom. The van der Waals surface area contributed by atoms with Crippen LogP contribution in [-0.4, -0.2) is 43.0 Å². The van der Waals surface area contributed by atoms with Gasteiger partial charge in [-0.05, 0) is 44.0 Å². The van der Waals surface area contributed by atoms with E-state index in [2.05, 4.69) is 5.32 Å². The summed E-state index contributed by atoms with van der Waals surface area (Å²) in [5.41, 5.74) is 1.64. The molecule has 0 aliphatic carbocycles. The van der Waals surface area contributed by atoms with Crippen molar-refractivity contribution < 1.29 is 14.3 Å². The fourth-order valence-electron chi connectivity index (χ4n) is 2.52. The van der Waals surface area contributed by atoms with Crippen molar-refractivity contribution >= 4 is 29.2 Å². The highest BCUT2D eigenvalue weighted by atomic mass is 35.5. The van der Waals surface area contributed by atoms with Gasteiger partial charge in [0.15, 0.2) is 0 Å². The van der Waals surface area contributed by atoms with Crippen LogP contribution >= 0.6 is 11.6 Å². The summed E-state index contributed by atoms with van der Waals surface area (Å²) in [5.74, 6) is -0.435. The van der Waals surface area contributed by atoms with Gasteiger partial charge in [-0.2, -0.15) is 0 Å². The summed E-state index contributed by atoms with van der Waals surface area (Å²) in [7, 11) is 1.37. The van der Waals surface area contributed by atoms with Crippen molar-refractivity contribution in [1.82, 2.24) is 4.90 Å². The van der Waals surface area contributed by atoms with Crippen molar-refractivity contribution in [2.24, 2.45) is 0 Å². The molecule has 6 heteroatoms. The molecule has 1 aromatic carbocycles. The normalized spacial score (nSPS) is 18.5. The quantitative estimate of drug-likeness (QED) is 0.866. The zero-order valence-corrected chi connectivity index (χ0v) is 12.9. The predicted octanol–water partition coefficient (Wildman–Crippen LogP) is 2.22. The van der Waals surface area contributed by atoms with Crippen LogP contribution in [-0.2, 0) is 14.3 Å². The van der Waals surface area contributed by atoms with Gasteiger partial charge in [0.2, 0.25) is 5.91 Å². The molecule has 1 saturated heterocycles. The third-order valence-electron chi connectivity index (χ3n) is 3.66. The summed E-state index contributed by atoms with van der Waals surface area (Å²) < 4.78 is 4.77. The number of benzene rings is 1. The summed E-state index contributed by atoms with van der Waals surface area (Å²) in [6.07, 6.45) is 1.62. The van der Waals surface area contributed by atoms with Crippen molar-refractivity contribution in [3.63, 3.8) is 0 Å². The second kappa shape index (κ2) is 6.91. The predicted molar refractivity (Wildman–Crippen MR) is 81.4 cm³/mol. The number of carbonyl (C=O) groups excluding carboxylic acids is 2. The topological polar surface area (TPSA) is 58.6 Å². The number of ether oxygens (including phenoxy) is 1. The third-order valence-corrected chi connectivity index (χ3v) is 3.89. The largest absolute Gasteiger partial charge is 0.468 e. The van der Waals surface area contributed by atoms with E-state index in [1.165, 1.54) is 7.11 Å². The molecule has 0 bridgehead atoms. The van der Waals surface area contributed by atoms with Crippen molar-refractivity contribution in [1.29, 1.82) is 0 Å². The summed E-state index contributed by atoms with van der Waals surface area (Å²) in [4.78, 5) is 25.6. The Balaban J connectivity index is 1.98. The van der Waals surface area contributed by atoms with E-state index >= 15 is 0 Å². The molecule has 0 radical (unpaired) electrons. The number of anilines is 1. The van der Waals surface area contributed by atoms with E-state index < -0.39 is 0 Å². The summed E-state index contributed by atoms with van der Waals surface area (Å²) >= 11 is 5.93. The van der Waals surface area contributed by atoms with Gasteiger partial charge in [-0.25, -0.2) is 0 Å². The van der Waals surface area contributed by atoms with Crippen molar-refractivity contribution in [3.8, 4) is 0 Å². The minimum Gasteiger partial charge on any atom is -0.468 e. The highest BCUT2D eigenvalue weighted by Gasteiger charge is 2.32. The fraction of sp³-hybridized carbons (Fsp3) is 0.467. The fourth-order valence-corrected chi connectivity index (χ4v) is 2.69. The number of aryl methyl sites for hydroxylation is 1. The van der Waals surface area contributed by atoms with Crippen LogP contribution in [0.5, 0.6) is 0 Å². The number of halogens is 1. The Kier molecular flexibility index (Phi) is 5.20. The standard InChI is InChI=1S/C15H19ClN2O3/c1-10-5-6-11(16)8-12(10)17-14(19)9-18-7-3-4-13(18)15(20)21-2/h5-6,8,13H,3-4,7,9H2,1-2H3,(H,17,19). The van der Waals surface area contributed by atoms with Crippen LogP contribution in [0.1, 0.15) is 18.4 Å². The number of amides is 1. The average Bonchev–Trinajstić information content (AvgIpc) is 2.90. The zero-order valence-electron chi connectivity index (χ0n) is 12.2. The highest BCUT2D eigenvalue weighted by Crippen LogP contribution is 2.21. The van der Waals surface area contributed by atoms with Crippen molar-refractivity contribution in [3.05, 3.63) is 28.8 Å². The van der Waals surface area contributed by atoms with E-state index in [1.54, 1.807) is 12.1 Å². The monoisotopic (exact) mass is 310 g/mol. The van der Waals surface area contributed by atoms with Crippen LogP contribution in [0.2, 0.25) is 5.02 Å². The number of rotatable bonds is 4. The maximum Gasteiger partial charge on any atom is 0.323 e. The van der Waals surface area contributed by atoms with E-state index in [1.807, 2.05) is 17.9 Å². The van der Waals surface area contributed by atoms with Gasteiger partial charge in [0.05, 0.1) is 13.7 Å². The lowest BCUT2D eigenvalue weighted by molar-refractivity contribution is -0.146. The molecule has 1 aliphatic rings. The van der Waals surface area contributed by atoms with E-state index in [0.29, 0.717) is 10.7 Å². The van der Waals surface area contributed by atoms with Crippen LogP contribution < -0.4 is 5.32 Å². The van der Waals surface area contributed by atoms with Gasteiger partial charge in [0, 0.05) is 10.7 Å². The molecule has 0 aromatic heterocycles. The second-order valence-electron chi connectivity index (χ2n) is 5.16. The number of hydrogen-bond donors (Lipinski definition) is 1. The molecular weight excluding hydrogens is 292 g/mol. The first-order chi connectivity index (χ1) is 10.0. The van der Waals surface area contributed by atoms with Crippen molar-refractivity contribution in [2.45, 2.75) is 25.8 Å². The number of hydrogen-bond acceptors (Lipinski definition) is 4. The Labute approximate surface area is 129 Å². The molecule has 1 fully saturated rings. The van der Waals surface area contributed by atoms with E-state index in [0.717, 1.165) is 24.9 Å². The number of likely N-dealkylation sites (tertiary alicyclic amines) is 1. The van der Waals surface area contributed by atoms with Crippen LogP contribution in [0.3, 0.4) is 0 Å².